The topological polar surface area (TPSA) is 97.7 Å². The van der Waals surface area contributed by atoms with Crippen LogP contribution in [0.25, 0.3) is 11.3 Å². The van der Waals surface area contributed by atoms with Crippen LogP contribution in [0.3, 0.4) is 0 Å². The Hall–Kier alpha value is -2.81. The molecular formula is C20H15Cl2N3O4S. The Bertz CT molecular complexity index is 1060. The van der Waals surface area contributed by atoms with Gasteiger partial charge in [0.1, 0.15) is 11.5 Å². The minimum absolute atomic E-state index is 0.00415. The Balaban J connectivity index is 1.48. The standard InChI is InChI=1S/C20H15Cl2N3O4S/c21-17-2-1-3-18(22)16(17)11-30-12-20(26)24-23-10-15-8-9-19(29-15)13-4-6-14(7-5-13)25(27)28/h1-10H,11-12H2,(H,24,26)/b23-10-. The van der Waals surface area contributed by atoms with E-state index >= 15 is 0 Å². The van der Waals surface area contributed by atoms with E-state index in [-0.39, 0.29) is 17.3 Å². The summed E-state index contributed by atoms with van der Waals surface area (Å²) in [5.41, 5.74) is 3.91. The molecule has 1 N–H and O–H groups in total. The molecule has 0 saturated carbocycles. The van der Waals surface area contributed by atoms with Crippen LogP contribution < -0.4 is 5.43 Å². The lowest BCUT2D eigenvalue weighted by atomic mass is 10.1. The van der Waals surface area contributed by atoms with Crippen LogP contribution in [0.2, 0.25) is 10.0 Å². The second kappa shape index (κ2) is 10.3. The van der Waals surface area contributed by atoms with Crippen LogP contribution in [-0.4, -0.2) is 22.8 Å². The SMILES string of the molecule is O=C(CSCc1c(Cl)cccc1Cl)N/N=C\c1ccc(-c2ccc([N+](=O)[O-])cc2)o1. The summed E-state index contributed by atoms with van der Waals surface area (Å²) in [5, 5.41) is 15.7. The van der Waals surface area contributed by atoms with Gasteiger partial charge in [-0.2, -0.15) is 5.10 Å². The van der Waals surface area contributed by atoms with Crippen molar-refractivity contribution in [2.24, 2.45) is 5.10 Å². The van der Waals surface area contributed by atoms with E-state index in [0.29, 0.717) is 32.9 Å². The first kappa shape index (κ1) is 21.9. The summed E-state index contributed by atoms with van der Waals surface area (Å²) in [6.07, 6.45) is 1.38. The van der Waals surface area contributed by atoms with Crippen LogP contribution in [0, 0.1) is 10.1 Å². The Morgan fingerprint density at radius 2 is 1.83 bits per heavy atom. The van der Waals surface area contributed by atoms with Crippen molar-refractivity contribution in [3.05, 3.63) is 86.1 Å². The van der Waals surface area contributed by atoms with Crippen LogP contribution in [0.4, 0.5) is 5.69 Å². The smallest absolute Gasteiger partial charge is 0.269 e. The van der Waals surface area contributed by atoms with Crippen molar-refractivity contribution in [3.63, 3.8) is 0 Å². The number of non-ortho nitro benzene ring substituents is 1. The van der Waals surface area contributed by atoms with Gasteiger partial charge in [0.25, 0.3) is 5.69 Å². The molecule has 2 aromatic carbocycles. The average Bonchev–Trinajstić information content (AvgIpc) is 3.19. The molecule has 1 heterocycles. The van der Waals surface area contributed by atoms with Gasteiger partial charge < -0.3 is 4.42 Å². The van der Waals surface area contributed by atoms with Crippen LogP contribution in [-0.2, 0) is 10.5 Å². The van der Waals surface area contributed by atoms with E-state index in [4.69, 9.17) is 27.6 Å². The van der Waals surface area contributed by atoms with E-state index in [1.807, 2.05) is 0 Å². The van der Waals surface area contributed by atoms with Gasteiger partial charge in [-0.1, -0.05) is 29.3 Å². The van der Waals surface area contributed by atoms with Crippen molar-refractivity contribution in [2.45, 2.75) is 5.75 Å². The number of rotatable bonds is 8. The molecule has 10 heteroatoms. The third-order valence-corrected chi connectivity index (χ3v) is 5.58. The fraction of sp³-hybridized carbons (Fsp3) is 0.100. The molecule has 30 heavy (non-hydrogen) atoms. The summed E-state index contributed by atoms with van der Waals surface area (Å²) >= 11 is 13.6. The first-order chi connectivity index (χ1) is 14.4. The lowest BCUT2D eigenvalue weighted by molar-refractivity contribution is -0.384. The van der Waals surface area contributed by atoms with Crippen LogP contribution in [0.1, 0.15) is 11.3 Å². The fourth-order valence-electron chi connectivity index (χ4n) is 2.44. The van der Waals surface area contributed by atoms with Gasteiger partial charge in [-0.15, -0.1) is 11.8 Å². The molecular weight excluding hydrogens is 449 g/mol. The number of nitro benzene ring substituents is 1. The maximum Gasteiger partial charge on any atom is 0.269 e. The van der Waals surface area contributed by atoms with Gasteiger partial charge in [0.05, 0.1) is 16.9 Å². The first-order valence-corrected chi connectivity index (χ1v) is 10.5. The zero-order chi connectivity index (χ0) is 21.5. The van der Waals surface area contributed by atoms with Gasteiger partial charge in [0, 0.05) is 33.5 Å². The highest BCUT2D eigenvalue weighted by Crippen LogP contribution is 2.28. The minimum Gasteiger partial charge on any atom is -0.455 e. The predicted octanol–water partition coefficient (Wildman–Crippen LogP) is 5.55. The highest BCUT2D eigenvalue weighted by molar-refractivity contribution is 7.99. The van der Waals surface area contributed by atoms with Crippen molar-refractivity contribution in [2.75, 3.05) is 5.75 Å². The molecule has 0 aliphatic heterocycles. The highest BCUT2D eigenvalue weighted by Gasteiger charge is 2.09. The summed E-state index contributed by atoms with van der Waals surface area (Å²) in [4.78, 5) is 22.2. The fourth-order valence-corrected chi connectivity index (χ4v) is 4.00. The van der Waals surface area contributed by atoms with Gasteiger partial charge >= 0.3 is 0 Å². The number of amides is 1. The maximum atomic E-state index is 11.9. The van der Waals surface area contributed by atoms with E-state index in [1.54, 1.807) is 42.5 Å². The number of hydrogen-bond donors (Lipinski definition) is 1. The number of carbonyl (C=O) groups is 1. The summed E-state index contributed by atoms with van der Waals surface area (Å²) in [5.74, 6) is 1.38. The number of nitro groups is 1. The molecule has 154 valence electrons. The summed E-state index contributed by atoms with van der Waals surface area (Å²) < 4.78 is 5.61. The second-order valence-corrected chi connectivity index (χ2v) is 7.79. The lowest BCUT2D eigenvalue weighted by Gasteiger charge is -2.06. The third-order valence-electron chi connectivity index (χ3n) is 3.91. The largest absolute Gasteiger partial charge is 0.455 e. The van der Waals surface area contributed by atoms with E-state index in [0.717, 1.165) is 5.56 Å². The van der Waals surface area contributed by atoms with Crippen LogP contribution in [0.15, 0.2) is 64.1 Å². The molecule has 0 fully saturated rings. The van der Waals surface area contributed by atoms with Gasteiger partial charge in [-0.05, 0) is 42.0 Å². The van der Waals surface area contributed by atoms with Crippen molar-refractivity contribution in [3.8, 4) is 11.3 Å². The normalized spacial score (nSPS) is 11.0. The molecule has 3 rings (SSSR count). The quantitative estimate of drug-likeness (QED) is 0.268. The summed E-state index contributed by atoms with van der Waals surface area (Å²) in [7, 11) is 0. The van der Waals surface area contributed by atoms with Crippen LogP contribution >= 0.6 is 35.0 Å². The molecule has 0 atom stereocenters. The molecule has 0 saturated heterocycles. The number of halogens is 2. The number of hydrogen-bond acceptors (Lipinski definition) is 6. The van der Waals surface area contributed by atoms with E-state index < -0.39 is 4.92 Å². The Labute approximate surface area is 186 Å². The lowest BCUT2D eigenvalue weighted by Crippen LogP contribution is -2.19. The summed E-state index contributed by atoms with van der Waals surface area (Å²) in [6.45, 7) is 0. The molecule has 0 radical (unpaired) electrons. The molecule has 0 unspecified atom stereocenters. The zero-order valence-electron chi connectivity index (χ0n) is 15.4. The van der Waals surface area contributed by atoms with Crippen molar-refractivity contribution in [1.82, 2.24) is 5.43 Å². The number of nitrogens with zero attached hydrogens (tertiary/aromatic N) is 2. The molecule has 0 aliphatic rings. The van der Waals surface area contributed by atoms with Gasteiger partial charge in [-0.3, -0.25) is 14.9 Å². The number of nitrogens with one attached hydrogen (secondary N) is 1. The monoisotopic (exact) mass is 463 g/mol. The van der Waals surface area contributed by atoms with Gasteiger partial charge in [-0.25, -0.2) is 5.43 Å². The van der Waals surface area contributed by atoms with Crippen LogP contribution in [0.5, 0.6) is 0 Å². The molecule has 0 spiro atoms. The molecule has 1 amide bonds. The maximum absolute atomic E-state index is 11.9. The minimum atomic E-state index is -0.464. The van der Waals surface area contributed by atoms with Crippen molar-refractivity contribution in [1.29, 1.82) is 0 Å². The number of thioether (sulfide) groups is 1. The van der Waals surface area contributed by atoms with Crippen molar-refractivity contribution >= 4 is 52.8 Å². The van der Waals surface area contributed by atoms with E-state index in [9.17, 15) is 14.9 Å². The predicted molar refractivity (Wildman–Crippen MR) is 119 cm³/mol. The average molecular weight is 464 g/mol. The molecule has 7 nitrogen and oxygen atoms in total. The zero-order valence-corrected chi connectivity index (χ0v) is 17.7. The summed E-state index contributed by atoms with van der Waals surface area (Å²) in [6, 6.07) is 14.7. The van der Waals surface area contributed by atoms with Crippen molar-refractivity contribution < 1.29 is 14.1 Å². The second-order valence-electron chi connectivity index (χ2n) is 5.99. The Kier molecular flexibility index (Phi) is 7.51. The van der Waals surface area contributed by atoms with E-state index in [1.165, 1.54) is 30.1 Å². The van der Waals surface area contributed by atoms with Gasteiger partial charge in [0.15, 0.2) is 0 Å². The Morgan fingerprint density at radius 3 is 2.50 bits per heavy atom. The Morgan fingerprint density at radius 1 is 1.13 bits per heavy atom. The number of carbonyl (C=O) groups excluding carboxylic acids is 1. The molecule has 1 aromatic heterocycles. The molecule has 0 bridgehead atoms. The third kappa shape index (κ3) is 5.85. The molecule has 0 aliphatic carbocycles. The number of furan rings is 1. The first-order valence-electron chi connectivity index (χ1n) is 8.61. The number of benzene rings is 2. The molecule has 3 aromatic rings. The van der Waals surface area contributed by atoms with Gasteiger partial charge in [0.2, 0.25) is 5.91 Å². The highest BCUT2D eigenvalue weighted by atomic mass is 35.5. The van der Waals surface area contributed by atoms with E-state index in [2.05, 4.69) is 10.5 Å². The number of hydrazone groups is 1.